The standard InChI is InChI=1S/C28H42O3Si2/c1-27(2,3)33(22-15-11-9-12-16-22,23-17-13-10-14-18-23)31-26-25(30-21-28(26,4)5)24(29)19-20-32(6,7)8/h9-20,24-26,29H,21H2,1-8H3/b20-19+/t24?,25-,26-/m0/s1. The van der Waals surface area contributed by atoms with E-state index in [1.54, 1.807) is 0 Å². The molecule has 1 N–H and O–H groups in total. The molecule has 3 nitrogen and oxygen atoms in total. The summed E-state index contributed by atoms with van der Waals surface area (Å²) in [7, 11) is -4.20. The van der Waals surface area contributed by atoms with Crippen molar-refractivity contribution in [3.05, 3.63) is 72.4 Å². The average molecular weight is 483 g/mol. The fourth-order valence-electron chi connectivity index (χ4n) is 4.81. The number of hydrogen-bond donors (Lipinski definition) is 1. The van der Waals surface area contributed by atoms with Crippen molar-refractivity contribution in [2.24, 2.45) is 5.41 Å². The molecule has 3 atom stereocenters. The minimum atomic E-state index is -2.76. The first-order chi connectivity index (χ1) is 15.3. The van der Waals surface area contributed by atoms with Crippen LogP contribution in [0.15, 0.2) is 72.4 Å². The van der Waals surface area contributed by atoms with Crippen molar-refractivity contribution < 1.29 is 14.3 Å². The van der Waals surface area contributed by atoms with E-state index in [2.05, 4.69) is 121 Å². The Balaban J connectivity index is 2.14. The van der Waals surface area contributed by atoms with E-state index in [0.717, 1.165) is 0 Å². The molecule has 0 aromatic heterocycles. The minimum Gasteiger partial charge on any atom is -0.401 e. The van der Waals surface area contributed by atoms with Crippen molar-refractivity contribution in [3.63, 3.8) is 0 Å². The van der Waals surface area contributed by atoms with Gasteiger partial charge in [0.25, 0.3) is 8.32 Å². The van der Waals surface area contributed by atoms with Crippen LogP contribution in [-0.2, 0) is 9.16 Å². The van der Waals surface area contributed by atoms with E-state index >= 15 is 0 Å². The summed E-state index contributed by atoms with van der Waals surface area (Å²) in [5.74, 6) is 0. The summed E-state index contributed by atoms with van der Waals surface area (Å²) in [4.78, 5) is 0. The summed E-state index contributed by atoms with van der Waals surface area (Å²) < 4.78 is 13.7. The molecule has 0 aliphatic carbocycles. The van der Waals surface area contributed by atoms with Crippen LogP contribution in [0.2, 0.25) is 24.7 Å². The van der Waals surface area contributed by atoms with Gasteiger partial charge in [0.15, 0.2) is 0 Å². The van der Waals surface area contributed by atoms with Crippen LogP contribution in [-0.4, -0.2) is 46.4 Å². The summed E-state index contributed by atoms with van der Waals surface area (Å²) in [6.07, 6.45) is 0.626. The molecule has 5 heteroatoms. The van der Waals surface area contributed by atoms with Crippen LogP contribution in [0.25, 0.3) is 0 Å². The van der Waals surface area contributed by atoms with E-state index in [9.17, 15) is 5.11 Å². The number of hydrogen-bond acceptors (Lipinski definition) is 3. The molecule has 2 aromatic rings. The van der Waals surface area contributed by atoms with Gasteiger partial charge >= 0.3 is 0 Å². The highest BCUT2D eigenvalue weighted by molar-refractivity contribution is 6.99. The quantitative estimate of drug-likeness (QED) is 0.555. The Morgan fingerprint density at radius 2 is 1.45 bits per heavy atom. The highest BCUT2D eigenvalue weighted by atomic mass is 28.4. The van der Waals surface area contributed by atoms with E-state index in [0.29, 0.717) is 6.61 Å². The van der Waals surface area contributed by atoms with Crippen LogP contribution < -0.4 is 10.4 Å². The largest absolute Gasteiger partial charge is 0.401 e. The molecular formula is C28H42O3Si2. The summed E-state index contributed by atoms with van der Waals surface area (Å²) in [6.45, 7) is 18.6. The van der Waals surface area contributed by atoms with Crippen LogP contribution in [0.3, 0.4) is 0 Å². The lowest BCUT2D eigenvalue weighted by atomic mass is 9.86. The molecule has 1 unspecified atom stereocenters. The molecule has 180 valence electrons. The number of rotatable bonds is 7. The molecule has 1 aliphatic rings. The second-order valence-corrected chi connectivity index (χ2v) is 21.5. The maximum atomic E-state index is 11.2. The number of aliphatic hydroxyl groups excluding tert-OH is 1. The molecule has 1 aliphatic heterocycles. The van der Waals surface area contributed by atoms with E-state index in [4.69, 9.17) is 9.16 Å². The lowest BCUT2D eigenvalue weighted by molar-refractivity contribution is -0.0245. The Morgan fingerprint density at radius 3 is 1.88 bits per heavy atom. The summed E-state index contributed by atoms with van der Waals surface area (Å²) in [5.41, 5.74) is 1.98. The Bertz CT molecular complexity index is 888. The topological polar surface area (TPSA) is 38.7 Å². The maximum absolute atomic E-state index is 11.2. The number of aliphatic hydroxyl groups is 1. The lowest BCUT2D eigenvalue weighted by Gasteiger charge is -2.47. The monoisotopic (exact) mass is 482 g/mol. The molecule has 0 radical (unpaired) electrons. The second kappa shape index (κ2) is 9.63. The van der Waals surface area contributed by atoms with E-state index in [-0.39, 0.29) is 16.6 Å². The van der Waals surface area contributed by atoms with Gasteiger partial charge < -0.3 is 14.3 Å². The minimum absolute atomic E-state index is 0.127. The molecule has 0 bridgehead atoms. The van der Waals surface area contributed by atoms with Crippen molar-refractivity contribution >= 4 is 26.8 Å². The lowest BCUT2D eigenvalue weighted by Crippen LogP contribution is -2.69. The molecule has 0 amide bonds. The Hall–Kier alpha value is -1.51. The molecule has 3 rings (SSSR count). The molecule has 1 heterocycles. The van der Waals surface area contributed by atoms with Crippen LogP contribution in [0.4, 0.5) is 0 Å². The zero-order valence-corrected chi connectivity index (χ0v) is 23.6. The van der Waals surface area contributed by atoms with Gasteiger partial charge in [0.2, 0.25) is 0 Å². The molecule has 2 aromatic carbocycles. The highest BCUT2D eigenvalue weighted by Gasteiger charge is 2.56. The van der Waals surface area contributed by atoms with Gasteiger partial charge in [-0.2, -0.15) is 0 Å². The van der Waals surface area contributed by atoms with Crippen LogP contribution in [0.1, 0.15) is 34.6 Å². The van der Waals surface area contributed by atoms with Crippen molar-refractivity contribution in [2.75, 3.05) is 6.61 Å². The van der Waals surface area contributed by atoms with Crippen LogP contribution in [0, 0.1) is 5.41 Å². The van der Waals surface area contributed by atoms with Gasteiger partial charge in [0.05, 0.1) is 20.8 Å². The zero-order valence-electron chi connectivity index (χ0n) is 21.6. The van der Waals surface area contributed by atoms with Crippen LogP contribution in [0.5, 0.6) is 0 Å². The Kier molecular flexibility index (Phi) is 7.61. The van der Waals surface area contributed by atoms with Crippen molar-refractivity contribution in [1.29, 1.82) is 0 Å². The molecular weight excluding hydrogens is 440 g/mol. The fourth-order valence-corrected chi connectivity index (χ4v) is 10.4. The molecule has 33 heavy (non-hydrogen) atoms. The van der Waals surface area contributed by atoms with E-state index in [1.165, 1.54) is 10.4 Å². The number of benzene rings is 2. The third kappa shape index (κ3) is 5.60. The average Bonchev–Trinajstić information content (AvgIpc) is 3.04. The van der Waals surface area contributed by atoms with E-state index < -0.39 is 28.6 Å². The van der Waals surface area contributed by atoms with Gasteiger partial charge in [-0.1, -0.05) is 127 Å². The number of ether oxygens (including phenoxy) is 1. The van der Waals surface area contributed by atoms with Crippen molar-refractivity contribution in [3.8, 4) is 0 Å². The smallest absolute Gasteiger partial charge is 0.261 e. The van der Waals surface area contributed by atoms with Gasteiger partial charge in [0, 0.05) is 5.41 Å². The maximum Gasteiger partial charge on any atom is 0.261 e. The van der Waals surface area contributed by atoms with Gasteiger partial charge in [-0.25, -0.2) is 0 Å². The van der Waals surface area contributed by atoms with Crippen LogP contribution >= 0.6 is 0 Å². The van der Waals surface area contributed by atoms with Gasteiger partial charge in [-0.3, -0.25) is 0 Å². The first kappa shape index (κ1) is 26.1. The predicted molar refractivity (Wildman–Crippen MR) is 145 cm³/mol. The molecule has 1 fully saturated rings. The molecule has 1 saturated heterocycles. The molecule has 0 saturated carbocycles. The Morgan fingerprint density at radius 1 is 0.970 bits per heavy atom. The molecule has 0 spiro atoms. The summed E-state index contributed by atoms with van der Waals surface area (Å²) >= 11 is 0. The van der Waals surface area contributed by atoms with Gasteiger partial charge in [-0.15, -0.1) is 0 Å². The fraction of sp³-hybridized carbons (Fsp3) is 0.500. The first-order valence-electron chi connectivity index (χ1n) is 12.1. The summed E-state index contributed by atoms with van der Waals surface area (Å²) in [6, 6.07) is 21.4. The third-order valence-electron chi connectivity index (χ3n) is 6.57. The zero-order chi connectivity index (χ0) is 24.5. The summed E-state index contributed by atoms with van der Waals surface area (Å²) in [5, 5.41) is 13.6. The van der Waals surface area contributed by atoms with E-state index in [1.807, 2.05) is 6.08 Å². The Labute approximate surface area is 203 Å². The SMILES string of the molecule is CC1(C)CO[C@@H](C(O)/C=C/[Si](C)(C)C)[C@@H]1O[Si](c1ccccc1)(c1ccccc1)C(C)(C)C. The highest BCUT2D eigenvalue weighted by Crippen LogP contribution is 2.44. The van der Waals surface area contributed by atoms with Gasteiger partial charge in [-0.05, 0) is 15.4 Å². The second-order valence-electron chi connectivity index (χ2n) is 12.2. The predicted octanol–water partition coefficient (Wildman–Crippen LogP) is 5.15. The van der Waals surface area contributed by atoms with Crippen molar-refractivity contribution in [2.45, 2.75) is 77.6 Å². The normalized spacial score (nSPS) is 22.6. The third-order valence-corrected chi connectivity index (χ3v) is 12.8. The van der Waals surface area contributed by atoms with Crippen molar-refractivity contribution in [1.82, 2.24) is 0 Å². The first-order valence-corrected chi connectivity index (χ1v) is 17.5. The van der Waals surface area contributed by atoms with Gasteiger partial charge in [0.1, 0.15) is 12.2 Å².